The Bertz CT molecular complexity index is 489. The van der Waals surface area contributed by atoms with E-state index in [9.17, 15) is 4.79 Å². The van der Waals surface area contributed by atoms with Crippen molar-refractivity contribution in [1.82, 2.24) is 15.5 Å². The highest BCUT2D eigenvalue weighted by molar-refractivity contribution is 5.74. The first-order chi connectivity index (χ1) is 10.5. The van der Waals surface area contributed by atoms with Crippen LogP contribution in [0, 0.1) is 12.8 Å². The Morgan fingerprint density at radius 3 is 3.00 bits per heavy atom. The van der Waals surface area contributed by atoms with Crippen LogP contribution in [-0.4, -0.2) is 37.6 Å². The summed E-state index contributed by atoms with van der Waals surface area (Å²) in [5.74, 6) is 0.563. The standard InChI is InChI=1S/C18H29N3O/c1-14-7-6-9-17(11-14)15(2)20-18(22)19-12-16-8-4-5-10-21(3)13-16/h6-7,9,11,15-16H,4-5,8,10,12-13H2,1-3H3,(H2,19,20,22). The minimum Gasteiger partial charge on any atom is -0.338 e. The maximum atomic E-state index is 12.1. The fraction of sp³-hybridized carbons (Fsp3) is 0.611. The lowest BCUT2D eigenvalue weighted by Gasteiger charge is -2.21. The average Bonchev–Trinajstić information content (AvgIpc) is 2.69. The predicted octanol–water partition coefficient (Wildman–Crippen LogP) is 3.09. The molecule has 1 aromatic carbocycles. The molecule has 2 unspecified atom stereocenters. The highest BCUT2D eigenvalue weighted by Gasteiger charge is 2.17. The molecule has 1 aliphatic heterocycles. The van der Waals surface area contributed by atoms with Crippen LogP contribution in [0.4, 0.5) is 4.79 Å². The normalized spacial score (nSPS) is 21.0. The van der Waals surface area contributed by atoms with Crippen LogP contribution in [0.15, 0.2) is 24.3 Å². The number of hydrogen-bond acceptors (Lipinski definition) is 2. The number of rotatable bonds is 4. The van der Waals surface area contributed by atoms with Crippen molar-refractivity contribution < 1.29 is 4.79 Å². The van der Waals surface area contributed by atoms with Crippen LogP contribution < -0.4 is 10.6 Å². The number of nitrogens with one attached hydrogen (secondary N) is 2. The fourth-order valence-corrected chi connectivity index (χ4v) is 3.11. The average molecular weight is 303 g/mol. The molecule has 4 heteroatoms. The molecule has 2 atom stereocenters. The van der Waals surface area contributed by atoms with E-state index in [1.807, 2.05) is 13.0 Å². The quantitative estimate of drug-likeness (QED) is 0.898. The van der Waals surface area contributed by atoms with Crippen LogP contribution in [0.1, 0.15) is 43.4 Å². The van der Waals surface area contributed by atoms with Gasteiger partial charge >= 0.3 is 6.03 Å². The number of likely N-dealkylation sites (tertiary alicyclic amines) is 1. The molecule has 22 heavy (non-hydrogen) atoms. The van der Waals surface area contributed by atoms with E-state index in [4.69, 9.17) is 0 Å². The van der Waals surface area contributed by atoms with Gasteiger partial charge in [0.1, 0.15) is 0 Å². The summed E-state index contributed by atoms with van der Waals surface area (Å²) in [6, 6.07) is 8.22. The Labute approximate surface area is 134 Å². The van der Waals surface area contributed by atoms with E-state index in [0.717, 1.165) is 18.7 Å². The van der Waals surface area contributed by atoms with Crippen molar-refractivity contribution in [2.45, 2.75) is 39.2 Å². The van der Waals surface area contributed by atoms with Crippen molar-refractivity contribution in [2.75, 3.05) is 26.7 Å². The van der Waals surface area contributed by atoms with E-state index >= 15 is 0 Å². The minimum absolute atomic E-state index is 0.0247. The second kappa shape index (κ2) is 8.18. The second-order valence-electron chi connectivity index (χ2n) is 6.61. The van der Waals surface area contributed by atoms with E-state index in [1.54, 1.807) is 0 Å². The van der Waals surface area contributed by atoms with E-state index < -0.39 is 0 Å². The first kappa shape index (κ1) is 16.8. The molecular formula is C18H29N3O. The number of amides is 2. The van der Waals surface area contributed by atoms with Crippen molar-refractivity contribution >= 4 is 6.03 Å². The van der Waals surface area contributed by atoms with Gasteiger partial charge in [-0.1, -0.05) is 36.2 Å². The van der Waals surface area contributed by atoms with E-state index in [1.165, 1.54) is 31.4 Å². The fourth-order valence-electron chi connectivity index (χ4n) is 3.11. The van der Waals surface area contributed by atoms with Gasteiger partial charge in [-0.05, 0) is 51.8 Å². The van der Waals surface area contributed by atoms with E-state index in [0.29, 0.717) is 5.92 Å². The molecule has 0 radical (unpaired) electrons. The molecule has 1 fully saturated rings. The molecule has 0 saturated carbocycles. The third-order valence-corrected chi connectivity index (χ3v) is 4.41. The van der Waals surface area contributed by atoms with Gasteiger partial charge < -0.3 is 15.5 Å². The molecule has 0 spiro atoms. The molecular weight excluding hydrogens is 274 g/mol. The van der Waals surface area contributed by atoms with Crippen LogP contribution in [-0.2, 0) is 0 Å². The summed E-state index contributed by atoms with van der Waals surface area (Å²) >= 11 is 0. The Morgan fingerprint density at radius 1 is 1.41 bits per heavy atom. The zero-order chi connectivity index (χ0) is 15.9. The molecule has 2 amide bonds. The molecule has 1 aliphatic rings. The Morgan fingerprint density at radius 2 is 2.23 bits per heavy atom. The molecule has 0 aliphatic carbocycles. The lowest BCUT2D eigenvalue weighted by atomic mass is 10.0. The van der Waals surface area contributed by atoms with Crippen molar-refractivity contribution in [3.63, 3.8) is 0 Å². The van der Waals surface area contributed by atoms with Gasteiger partial charge in [0.2, 0.25) is 0 Å². The van der Waals surface area contributed by atoms with Crippen molar-refractivity contribution in [3.05, 3.63) is 35.4 Å². The number of carbonyl (C=O) groups is 1. The molecule has 1 aromatic rings. The summed E-state index contributed by atoms with van der Waals surface area (Å²) in [6.07, 6.45) is 3.74. The molecule has 2 N–H and O–H groups in total. The van der Waals surface area contributed by atoms with Crippen LogP contribution in [0.25, 0.3) is 0 Å². The van der Waals surface area contributed by atoms with Crippen LogP contribution >= 0.6 is 0 Å². The van der Waals surface area contributed by atoms with Gasteiger partial charge in [-0.15, -0.1) is 0 Å². The van der Waals surface area contributed by atoms with Crippen molar-refractivity contribution in [1.29, 1.82) is 0 Å². The summed E-state index contributed by atoms with van der Waals surface area (Å²) in [5, 5.41) is 6.07. The van der Waals surface area contributed by atoms with Crippen molar-refractivity contribution in [3.8, 4) is 0 Å². The van der Waals surface area contributed by atoms with Gasteiger partial charge in [-0.25, -0.2) is 4.79 Å². The number of hydrogen-bond donors (Lipinski definition) is 2. The Hall–Kier alpha value is -1.55. The summed E-state index contributed by atoms with van der Waals surface area (Å²) < 4.78 is 0. The zero-order valence-electron chi connectivity index (χ0n) is 14.1. The highest BCUT2D eigenvalue weighted by atomic mass is 16.2. The molecule has 122 valence electrons. The molecule has 4 nitrogen and oxygen atoms in total. The number of nitrogens with zero attached hydrogens (tertiary/aromatic N) is 1. The van der Waals surface area contributed by atoms with Crippen LogP contribution in [0.5, 0.6) is 0 Å². The van der Waals surface area contributed by atoms with E-state index in [-0.39, 0.29) is 12.1 Å². The number of urea groups is 1. The SMILES string of the molecule is Cc1cccc(C(C)NC(=O)NCC2CCCCN(C)C2)c1. The Balaban J connectivity index is 1.77. The number of carbonyl (C=O) groups excluding carboxylic acids is 1. The van der Waals surface area contributed by atoms with Gasteiger partial charge in [0.05, 0.1) is 6.04 Å². The lowest BCUT2D eigenvalue weighted by molar-refractivity contribution is 0.232. The topological polar surface area (TPSA) is 44.4 Å². The molecule has 1 heterocycles. The molecule has 0 bridgehead atoms. The zero-order valence-corrected chi connectivity index (χ0v) is 14.1. The van der Waals surface area contributed by atoms with E-state index in [2.05, 4.69) is 47.7 Å². The maximum absolute atomic E-state index is 12.1. The number of aryl methyl sites for hydroxylation is 1. The predicted molar refractivity (Wildman–Crippen MR) is 91.0 cm³/mol. The monoisotopic (exact) mass is 303 g/mol. The van der Waals surface area contributed by atoms with Gasteiger partial charge in [0.25, 0.3) is 0 Å². The molecule has 1 saturated heterocycles. The first-order valence-corrected chi connectivity index (χ1v) is 8.34. The molecule has 0 aromatic heterocycles. The Kier molecular flexibility index (Phi) is 6.25. The van der Waals surface area contributed by atoms with Crippen LogP contribution in [0.3, 0.4) is 0 Å². The van der Waals surface area contributed by atoms with Gasteiger partial charge in [-0.3, -0.25) is 0 Å². The second-order valence-corrected chi connectivity index (χ2v) is 6.61. The summed E-state index contributed by atoms with van der Waals surface area (Å²) in [5.41, 5.74) is 2.36. The summed E-state index contributed by atoms with van der Waals surface area (Å²) in [7, 11) is 2.16. The largest absolute Gasteiger partial charge is 0.338 e. The third kappa shape index (κ3) is 5.34. The highest BCUT2D eigenvalue weighted by Crippen LogP contribution is 2.15. The molecule has 2 rings (SSSR count). The van der Waals surface area contributed by atoms with Gasteiger partial charge in [-0.2, -0.15) is 0 Å². The van der Waals surface area contributed by atoms with Crippen molar-refractivity contribution in [2.24, 2.45) is 5.92 Å². The summed E-state index contributed by atoms with van der Waals surface area (Å²) in [4.78, 5) is 14.5. The maximum Gasteiger partial charge on any atom is 0.315 e. The van der Waals surface area contributed by atoms with Gasteiger partial charge in [0.15, 0.2) is 0 Å². The number of benzene rings is 1. The van der Waals surface area contributed by atoms with Crippen LogP contribution in [0.2, 0.25) is 0 Å². The third-order valence-electron chi connectivity index (χ3n) is 4.41. The summed E-state index contributed by atoms with van der Waals surface area (Å²) in [6.45, 7) is 7.10. The minimum atomic E-state index is -0.0686. The lowest BCUT2D eigenvalue weighted by Crippen LogP contribution is -2.41. The first-order valence-electron chi connectivity index (χ1n) is 8.34. The van der Waals surface area contributed by atoms with Gasteiger partial charge in [0, 0.05) is 13.1 Å². The smallest absolute Gasteiger partial charge is 0.315 e.